The van der Waals surface area contributed by atoms with Gasteiger partial charge in [-0.2, -0.15) is 0 Å². The first-order chi connectivity index (χ1) is 8.72. The summed E-state index contributed by atoms with van der Waals surface area (Å²) >= 11 is 1.80. The van der Waals surface area contributed by atoms with Gasteiger partial charge in [-0.25, -0.2) is 4.98 Å². The molecule has 0 spiro atoms. The minimum atomic E-state index is 0.443. The lowest BCUT2D eigenvalue weighted by molar-refractivity contribution is 0.0327. The molecule has 3 rings (SSSR count). The fourth-order valence-corrected chi connectivity index (χ4v) is 4.39. The largest absolute Gasteiger partial charge is 0.328 e. The molecule has 3 nitrogen and oxygen atoms in total. The molecule has 2 bridgehead atoms. The number of aryl methyl sites for hydroxylation is 1. The third kappa shape index (κ3) is 2.60. The van der Waals surface area contributed by atoms with Crippen molar-refractivity contribution in [3.05, 3.63) is 16.1 Å². The molecule has 2 atom stereocenters. The summed E-state index contributed by atoms with van der Waals surface area (Å²) in [4.78, 5) is 7.30. The van der Waals surface area contributed by atoms with Crippen LogP contribution >= 0.6 is 11.3 Å². The number of nitrogens with two attached hydrogens (primary N) is 1. The van der Waals surface area contributed by atoms with Crippen LogP contribution in [0.15, 0.2) is 5.38 Å². The number of piperidine rings is 2. The molecule has 100 valence electrons. The van der Waals surface area contributed by atoms with Gasteiger partial charge in [-0.05, 0) is 32.6 Å². The molecular weight excluding hydrogens is 242 g/mol. The van der Waals surface area contributed by atoms with Crippen LogP contribution in [0.2, 0.25) is 0 Å². The van der Waals surface area contributed by atoms with Gasteiger partial charge < -0.3 is 5.73 Å². The Balaban J connectivity index is 1.61. The van der Waals surface area contributed by atoms with E-state index in [9.17, 15) is 0 Å². The molecule has 0 amide bonds. The lowest BCUT2D eigenvalue weighted by atomic mass is 9.82. The van der Waals surface area contributed by atoms with Gasteiger partial charge in [-0.15, -0.1) is 11.3 Å². The average molecular weight is 265 g/mol. The SMILES string of the molecule is Cc1csc(CCN2C3CCCC2CC(N)C3)n1. The Morgan fingerprint density at radius 3 is 2.72 bits per heavy atom. The molecule has 2 unspecified atom stereocenters. The second-order valence-electron chi connectivity index (χ2n) is 5.84. The van der Waals surface area contributed by atoms with E-state index >= 15 is 0 Å². The van der Waals surface area contributed by atoms with Gasteiger partial charge in [-0.3, -0.25) is 4.90 Å². The van der Waals surface area contributed by atoms with Crippen molar-refractivity contribution in [3.63, 3.8) is 0 Å². The predicted molar refractivity (Wildman–Crippen MR) is 75.9 cm³/mol. The van der Waals surface area contributed by atoms with E-state index in [0.29, 0.717) is 6.04 Å². The minimum Gasteiger partial charge on any atom is -0.328 e. The summed E-state index contributed by atoms with van der Waals surface area (Å²) < 4.78 is 0. The molecule has 0 aromatic carbocycles. The van der Waals surface area contributed by atoms with Gasteiger partial charge in [-0.1, -0.05) is 6.42 Å². The lowest BCUT2D eigenvalue weighted by Crippen LogP contribution is -2.55. The Bertz CT molecular complexity index is 389. The van der Waals surface area contributed by atoms with E-state index in [1.807, 2.05) is 0 Å². The second-order valence-corrected chi connectivity index (χ2v) is 6.78. The van der Waals surface area contributed by atoms with Crippen LogP contribution in [-0.4, -0.2) is 34.6 Å². The summed E-state index contributed by atoms with van der Waals surface area (Å²) in [6.45, 7) is 3.25. The van der Waals surface area contributed by atoms with Crippen LogP contribution in [0, 0.1) is 6.92 Å². The molecule has 3 heterocycles. The normalized spacial score (nSPS) is 32.7. The van der Waals surface area contributed by atoms with Crippen molar-refractivity contribution in [2.45, 2.75) is 63.6 Å². The number of fused-ring (bicyclic) bond motifs is 2. The van der Waals surface area contributed by atoms with Crippen molar-refractivity contribution < 1.29 is 0 Å². The molecule has 1 aromatic rings. The molecule has 18 heavy (non-hydrogen) atoms. The fraction of sp³-hybridized carbons (Fsp3) is 0.786. The van der Waals surface area contributed by atoms with Crippen molar-refractivity contribution in [3.8, 4) is 0 Å². The monoisotopic (exact) mass is 265 g/mol. The molecule has 1 aromatic heterocycles. The number of hydrogen-bond acceptors (Lipinski definition) is 4. The summed E-state index contributed by atoms with van der Waals surface area (Å²) in [6, 6.07) is 1.93. The van der Waals surface area contributed by atoms with E-state index in [0.717, 1.165) is 24.2 Å². The number of thiazole rings is 1. The van der Waals surface area contributed by atoms with Crippen molar-refractivity contribution in [1.29, 1.82) is 0 Å². The summed E-state index contributed by atoms with van der Waals surface area (Å²) in [5.74, 6) is 0. The zero-order valence-corrected chi connectivity index (χ0v) is 12.0. The van der Waals surface area contributed by atoms with Crippen LogP contribution in [0.5, 0.6) is 0 Å². The van der Waals surface area contributed by atoms with Crippen LogP contribution in [0.25, 0.3) is 0 Å². The molecule has 0 radical (unpaired) electrons. The standard InChI is InChI=1S/C14H23N3S/c1-10-9-18-14(16-10)5-6-17-12-3-2-4-13(17)8-11(15)7-12/h9,11-13H,2-8,15H2,1H3. The zero-order chi connectivity index (χ0) is 12.5. The first kappa shape index (κ1) is 12.6. The molecule has 2 aliphatic rings. The summed E-state index contributed by atoms with van der Waals surface area (Å²) in [5.41, 5.74) is 7.32. The third-order valence-corrected chi connectivity index (χ3v) is 5.44. The minimum absolute atomic E-state index is 0.443. The first-order valence-electron chi connectivity index (χ1n) is 7.14. The summed E-state index contributed by atoms with van der Waals surface area (Å²) in [6.07, 6.45) is 7.61. The highest BCUT2D eigenvalue weighted by atomic mass is 32.1. The third-order valence-electron chi connectivity index (χ3n) is 4.41. The van der Waals surface area contributed by atoms with E-state index < -0.39 is 0 Å². The summed E-state index contributed by atoms with van der Waals surface area (Å²) in [7, 11) is 0. The van der Waals surface area contributed by atoms with Crippen LogP contribution in [0.3, 0.4) is 0 Å². The number of nitrogens with zero attached hydrogens (tertiary/aromatic N) is 2. The quantitative estimate of drug-likeness (QED) is 0.912. The van der Waals surface area contributed by atoms with Gasteiger partial charge in [0, 0.05) is 42.2 Å². The number of aromatic nitrogens is 1. The Labute approximate surface area is 113 Å². The molecule has 2 saturated heterocycles. The fourth-order valence-electron chi connectivity index (χ4n) is 3.63. The molecule has 2 N–H and O–H groups in total. The van der Waals surface area contributed by atoms with Gasteiger partial charge in [0.15, 0.2) is 0 Å². The van der Waals surface area contributed by atoms with E-state index in [-0.39, 0.29) is 0 Å². The molecule has 4 heteroatoms. The van der Waals surface area contributed by atoms with E-state index in [1.54, 1.807) is 11.3 Å². The van der Waals surface area contributed by atoms with E-state index in [1.165, 1.54) is 43.7 Å². The van der Waals surface area contributed by atoms with Crippen molar-refractivity contribution in [1.82, 2.24) is 9.88 Å². The number of rotatable bonds is 3. The van der Waals surface area contributed by atoms with Gasteiger partial charge in [0.05, 0.1) is 5.01 Å². The maximum Gasteiger partial charge on any atom is 0.0940 e. The highest BCUT2D eigenvalue weighted by Gasteiger charge is 2.36. The highest BCUT2D eigenvalue weighted by molar-refractivity contribution is 7.09. The smallest absolute Gasteiger partial charge is 0.0940 e. The highest BCUT2D eigenvalue weighted by Crippen LogP contribution is 2.33. The van der Waals surface area contributed by atoms with Crippen LogP contribution in [0.1, 0.15) is 42.8 Å². The lowest BCUT2D eigenvalue weighted by Gasteiger charge is -2.48. The number of hydrogen-bond donors (Lipinski definition) is 1. The Morgan fingerprint density at radius 2 is 2.11 bits per heavy atom. The summed E-state index contributed by atoms with van der Waals surface area (Å²) in [5, 5.41) is 3.45. The second kappa shape index (κ2) is 5.27. The predicted octanol–water partition coefficient (Wildman–Crippen LogP) is 2.34. The van der Waals surface area contributed by atoms with Gasteiger partial charge in [0.25, 0.3) is 0 Å². The van der Waals surface area contributed by atoms with Gasteiger partial charge in [0.2, 0.25) is 0 Å². The van der Waals surface area contributed by atoms with Crippen molar-refractivity contribution in [2.75, 3.05) is 6.54 Å². The average Bonchev–Trinajstić information content (AvgIpc) is 2.72. The van der Waals surface area contributed by atoms with E-state index in [2.05, 4.69) is 22.2 Å². The molecule has 2 aliphatic heterocycles. The molecule has 2 fully saturated rings. The van der Waals surface area contributed by atoms with Crippen LogP contribution < -0.4 is 5.73 Å². The Kier molecular flexibility index (Phi) is 3.68. The zero-order valence-electron chi connectivity index (χ0n) is 11.1. The van der Waals surface area contributed by atoms with Gasteiger partial charge >= 0.3 is 0 Å². The van der Waals surface area contributed by atoms with Crippen LogP contribution in [0.4, 0.5) is 0 Å². The maximum atomic E-state index is 6.16. The Morgan fingerprint density at radius 1 is 1.39 bits per heavy atom. The maximum absolute atomic E-state index is 6.16. The van der Waals surface area contributed by atoms with E-state index in [4.69, 9.17) is 5.73 Å². The first-order valence-corrected chi connectivity index (χ1v) is 8.02. The van der Waals surface area contributed by atoms with Gasteiger partial charge in [0.1, 0.15) is 0 Å². The molecule has 0 aliphatic carbocycles. The topological polar surface area (TPSA) is 42.1 Å². The molecule has 0 saturated carbocycles. The van der Waals surface area contributed by atoms with Crippen molar-refractivity contribution >= 4 is 11.3 Å². The van der Waals surface area contributed by atoms with Crippen molar-refractivity contribution in [2.24, 2.45) is 5.73 Å². The Hall–Kier alpha value is -0.450. The van der Waals surface area contributed by atoms with Crippen LogP contribution in [-0.2, 0) is 6.42 Å². The molecular formula is C14H23N3S.